The zero-order valence-electron chi connectivity index (χ0n) is 61.7. The molecule has 8 aromatic rings. The van der Waals surface area contributed by atoms with E-state index in [-0.39, 0.29) is 122 Å². The Morgan fingerprint density at radius 2 is 1.19 bits per heavy atom. The maximum atomic E-state index is 15.2. The number of aliphatic hydroxyl groups excluding tert-OH is 1. The standard InChI is InChI=1S/C45H52Cl2F3N9O12S4.C24H26ClN5O7S2/c1-23-27(14-18-70-23)40(60)58-33(51-20-25-7-9-31(46)72-25)19-30(53-58)34-29(45(48,49)50)13-17-56(74(6,65)66)37(34)42(63)71-24-11-15-55(22-24)75(67,68)57-16-12-28(36(57)41(61)62)35-38(69-5)39(52-21-26-8-10-32(47)73-26)59(54-35)43(64)44(2,3)4;1-37-21-20(16-11-29(12-16)39(35,36)28-8-7-17(31)13-28)27-30(22(21)26-10-18-5-6-19(25)38-18)23(32)14-3-2-4-15(9-14)24(33)34/h7-10,14,18-19,24,28-29,34,36-37,51-52H,11-13,15-17,20-22H2,1-6H3,(H,61,62);2-6,9,16-17,26,31H,7-8,10-13H2,1H3,(H,33,34). The predicted molar refractivity (Wildman–Crippen MR) is 414 cm³/mol. The molecule has 7 unspecified atom stereocenters. The van der Waals surface area contributed by atoms with Crippen LogP contribution in [0.3, 0.4) is 0 Å². The van der Waals surface area contributed by atoms with Gasteiger partial charge in [-0.3, -0.25) is 24.0 Å². The number of piperidine rings is 1. The number of aliphatic carboxylic acids is 1. The number of aromatic carboxylic acids is 1. The lowest BCUT2D eigenvalue weighted by molar-refractivity contribution is -0.197. The first-order valence-electron chi connectivity index (χ1n) is 35.2. The van der Waals surface area contributed by atoms with Crippen LogP contribution >= 0.6 is 68.8 Å². The minimum Gasteiger partial charge on any atom is -0.491 e. The fourth-order valence-electron chi connectivity index (χ4n) is 14.2. The predicted octanol–water partition coefficient (Wildman–Crippen LogP) is 9.44. The first-order valence-corrected chi connectivity index (χ1v) is 43.5. The van der Waals surface area contributed by atoms with Crippen molar-refractivity contribution in [2.24, 2.45) is 11.3 Å². The van der Waals surface area contributed by atoms with Crippen LogP contribution in [-0.4, -0.2) is 230 Å². The summed E-state index contributed by atoms with van der Waals surface area (Å²) in [5.41, 5.74) is -0.995. The quantitative estimate of drug-likeness (QED) is 0.0290. The molecule has 0 spiro atoms. The number of alkyl halides is 3. The van der Waals surface area contributed by atoms with Crippen LogP contribution < -0.4 is 25.4 Å². The molecule has 0 amide bonds. The molecule has 45 heteroatoms. The lowest BCUT2D eigenvalue weighted by atomic mass is 9.78. The molecule has 0 radical (unpaired) electrons. The van der Waals surface area contributed by atoms with Gasteiger partial charge in [-0.15, -0.1) is 34.0 Å². The molecule has 0 bridgehead atoms. The molecule has 114 heavy (non-hydrogen) atoms. The second-order valence-electron chi connectivity index (χ2n) is 28.4. The number of rotatable bonds is 25. The summed E-state index contributed by atoms with van der Waals surface area (Å²) in [4.78, 5) is 82.9. The number of hydrogen-bond acceptors (Lipinski definition) is 26. The van der Waals surface area contributed by atoms with Crippen LogP contribution in [0.4, 0.5) is 30.6 Å². The van der Waals surface area contributed by atoms with Crippen LogP contribution in [0.15, 0.2) is 83.5 Å². The Labute approximate surface area is 678 Å². The maximum absolute atomic E-state index is 15.2. The largest absolute Gasteiger partial charge is 0.491 e. The Bertz CT molecular complexity index is 5350. The molecule has 33 nitrogen and oxygen atoms in total. The average molecular weight is 1760 g/mol. The number of methoxy groups -OCH3 is 2. The highest BCUT2D eigenvalue weighted by Crippen LogP contribution is 2.49. The van der Waals surface area contributed by atoms with Gasteiger partial charge in [0.05, 0.1) is 94.8 Å². The third-order valence-corrected chi connectivity index (χ3v) is 28.8. The fourth-order valence-corrected chi connectivity index (χ4v) is 22.0. The van der Waals surface area contributed by atoms with E-state index in [1.807, 2.05) is 6.07 Å². The van der Waals surface area contributed by atoms with Crippen molar-refractivity contribution in [1.29, 1.82) is 0 Å². The maximum Gasteiger partial charge on any atom is 0.392 e. The van der Waals surface area contributed by atoms with Crippen molar-refractivity contribution in [1.82, 2.24) is 50.9 Å². The van der Waals surface area contributed by atoms with Crippen LogP contribution in [-0.2, 0) is 64.4 Å². The molecule has 12 heterocycles. The van der Waals surface area contributed by atoms with Gasteiger partial charge in [-0.2, -0.15) is 80.9 Å². The average Bonchev–Trinajstić information content (AvgIpc) is 1.51. The number of hydrogen-bond donors (Lipinski definition) is 6. The molecular formula is C69H78Cl3F3N14O19S6. The number of carboxylic acids is 2. The zero-order valence-corrected chi connectivity index (χ0v) is 68.9. The highest BCUT2D eigenvalue weighted by atomic mass is 35.5. The number of carbonyl (C=O) groups is 6. The Balaban J connectivity index is 0.000000257. The number of thiophene rings is 3. The minimum absolute atomic E-state index is 0.00381. The number of nitrogens with zero attached hydrogens (tertiary/aromatic N) is 11. The van der Waals surface area contributed by atoms with E-state index in [0.29, 0.717) is 52.9 Å². The van der Waals surface area contributed by atoms with E-state index in [4.69, 9.17) is 53.4 Å². The van der Waals surface area contributed by atoms with Crippen molar-refractivity contribution >= 4 is 152 Å². The van der Waals surface area contributed by atoms with Crippen molar-refractivity contribution in [2.75, 3.05) is 88.8 Å². The van der Waals surface area contributed by atoms with Gasteiger partial charge >= 0.3 is 24.1 Å². The summed E-state index contributed by atoms with van der Waals surface area (Å²) >= 11 is 22.2. The number of furan rings is 1. The minimum atomic E-state index is -5.04. The van der Waals surface area contributed by atoms with Gasteiger partial charge in [-0.05, 0) is 93.3 Å². The normalized spacial score (nSPS) is 21.1. The van der Waals surface area contributed by atoms with Crippen molar-refractivity contribution in [3.8, 4) is 11.5 Å². The number of aliphatic hydroxyl groups is 1. The molecule has 5 saturated heterocycles. The first kappa shape index (κ1) is 85.3. The van der Waals surface area contributed by atoms with E-state index >= 15 is 13.2 Å². The monoisotopic (exact) mass is 1760 g/mol. The van der Waals surface area contributed by atoms with Gasteiger partial charge in [-0.1, -0.05) is 61.6 Å². The number of anilines is 3. The summed E-state index contributed by atoms with van der Waals surface area (Å²) < 4.78 is 159. The van der Waals surface area contributed by atoms with Gasteiger partial charge in [0, 0.05) is 95.2 Å². The van der Waals surface area contributed by atoms with Crippen LogP contribution in [0.5, 0.6) is 11.5 Å². The molecule has 5 fully saturated rings. The number of carbonyl (C=O) groups excluding carboxylic acids is 4. The third kappa shape index (κ3) is 17.9. The van der Waals surface area contributed by atoms with Gasteiger partial charge < -0.3 is 49.9 Å². The second-order valence-corrected chi connectivity index (χ2v) is 39.6. The van der Waals surface area contributed by atoms with Gasteiger partial charge in [0.25, 0.3) is 38.1 Å². The molecule has 0 saturated carbocycles. The summed E-state index contributed by atoms with van der Waals surface area (Å²) in [5, 5.41) is 52.6. The van der Waals surface area contributed by atoms with E-state index < -0.39 is 145 Å². The molecule has 5 aliphatic heterocycles. The summed E-state index contributed by atoms with van der Waals surface area (Å²) in [6.07, 6.45) is -5.84. The number of sulfonamides is 1. The third-order valence-electron chi connectivity index (χ3n) is 19.9. The van der Waals surface area contributed by atoms with Crippen LogP contribution in [0.25, 0.3) is 0 Å². The molecule has 1 aromatic carbocycles. The number of carboxylic acid groups (broad SMARTS) is 2. The lowest BCUT2D eigenvalue weighted by Gasteiger charge is -2.42. The molecule has 6 N–H and O–H groups in total. The van der Waals surface area contributed by atoms with E-state index in [0.717, 1.165) is 38.5 Å². The molecule has 7 atom stereocenters. The number of benzene rings is 1. The summed E-state index contributed by atoms with van der Waals surface area (Å²) in [6.45, 7) is 5.52. The van der Waals surface area contributed by atoms with Crippen molar-refractivity contribution in [2.45, 2.75) is 121 Å². The molecule has 13 rings (SSSR count). The summed E-state index contributed by atoms with van der Waals surface area (Å²) in [6, 6.07) is 14.5. The van der Waals surface area contributed by atoms with Crippen molar-refractivity contribution < 1.29 is 101 Å². The molecule has 7 aromatic heterocycles. The highest BCUT2D eigenvalue weighted by molar-refractivity contribution is 7.88. The van der Waals surface area contributed by atoms with Gasteiger partial charge in [0.1, 0.15) is 41.2 Å². The number of halogens is 6. The number of esters is 1. The molecule has 616 valence electrons. The SMILES string of the molecule is COc1c(C2CCN(S(=O)(=O)N3CCC(OC(=O)C4C(c5cc(NCc6ccc(Cl)s6)n(C(=O)c6ccoc6C)n5)C(C(F)(F)F)CCN4S(C)(=O)=O)C3)C2C(=O)O)nn(C(=O)C(C)(C)C)c1NCc1ccc(Cl)s1.COc1c(C2CN(S(=O)(=O)N3CCC(O)C3)C2)nn(C(=O)c2cccc(C(=O)O)c2)c1NCc1ccc(Cl)s1. The Hall–Kier alpha value is -8.08. The Kier molecular flexibility index (Phi) is 25.3. The number of aryl methyl sites for hydroxylation is 1. The zero-order chi connectivity index (χ0) is 82.6. The van der Waals surface area contributed by atoms with Crippen LogP contribution in [0, 0.1) is 18.3 Å². The van der Waals surface area contributed by atoms with E-state index in [2.05, 4.69) is 31.2 Å². The Morgan fingerprint density at radius 1 is 0.632 bits per heavy atom. The fraction of sp³-hybridized carbons (Fsp3) is 0.464. The van der Waals surface area contributed by atoms with E-state index in [1.165, 1.54) is 100 Å². The van der Waals surface area contributed by atoms with Gasteiger partial charge in [0.15, 0.2) is 23.1 Å². The highest BCUT2D eigenvalue weighted by Gasteiger charge is 2.58. The van der Waals surface area contributed by atoms with Crippen LogP contribution in [0.2, 0.25) is 13.0 Å². The topological polar surface area (TPSA) is 412 Å². The van der Waals surface area contributed by atoms with Crippen LogP contribution in [0.1, 0.15) is 138 Å². The van der Waals surface area contributed by atoms with Gasteiger partial charge in [0.2, 0.25) is 10.0 Å². The number of ether oxygens (including phenoxy) is 3. The van der Waals surface area contributed by atoms with E-state index in [1.54, 1.807) is 51.1 Å². The van der Waals surface area contributed by atoms with E-state index in [9.17, 15) is 69.3 Å². The molecule has 0 aliphatic carbocycles. The second kappa shape index (κ2) is 33.9. The van der Waals surface area contributed by atoms with Gasteiger partial charge in [-0.25, -0.2) is 13.2 Å². The lowest BCUT2D eigenvalue weighted by Crippen LogP contribution is -2.57. The number of aromatic nitrogens is 6. The first-order chi connectivity index (χ1) is 53.7. The number of β-amino-alcohol motifs (C(OH)–C–C–N with tert-alkyl or cyclic N) is 1. The van der Waals surface area contributed by atoms with Crippen molar-refractivity contribution in [3.63, 3.8) is 0 Å². The number of nitrogens with one attached hydrogen (secondary N) is 3. The molecule has 5 aliphatic rings. The summed E-state index contributed by atoms with van der Waals surface area (Å²) in [5.74, 6) is -11.3. The van der Waals surface area contributed by atoms with Crippen molar-refractivity contribution in [3.05, 3.63) is 146 Å². The summed E-state index contributed by atoms with van der Waals surface area (Å²) in [7, 11) is -10.2. The molecular weight excluding hydrogens is 1680 g/mol. The smallest absolute Gasteiger partial charge is 0.392 e. The Morgan fingerprint density at radius 3 is 1.72 bits per heavy atom.